The van der Waals surface area contributed by atoms with Gasteiger partial charge in [0.05, 0.1) is 22.0 Å². The maximum Gasteiger partial charge on any atom is 0.301 e. The van der Waals surface area contributed by atoms with Crippen LogP contribution in [0.1, 0.15) is 65.7 Å². The highest BCUT2D eigenvalue weighted by molar-refractivity contribution is 5.87. The maximum absolute atomic E-state index is 11.8. The largest absolute Gasteiger partial charge is 0.393 e. The normalized spacial score (nSPS) is 37.0. The first-order valence-corrected chi connectivity index (χ1v) is 14.1. The molecule has 2 N–H and O–H groups in total. The third-order valence-corrected chi connectivity index (χ3v) is 10.8. The lowest BCUT2D eigenvalue weighted by Gasteiger charge is -2.58. The van der Waals surface area contributed by atoms with Crippen molar-refractivity contribution in [2.45, 2.75) is 71.8 Å². The highest BCUT2D eigenvalue weighted by Crippen LogP contribution is 2.67. The first kappa shape index (κ1) is 28.1. The molecule has 3 saturated carbocycles. The van der Waals surface area contributed by atoms with Crippen LogP contribution < -0.4 is 5.43 Å². The quantitative estimate of drug-likeness (QED) is 0.185. The van der Waals surface area contributed by atoms with Crippen LogP contribution in [0.3, 0.4) is 0 Å². The average Bonchev–Trinajstić information content (AvgIpc) is 3.18. The second kappa shape index (κ2) is 10.2. The molecule has 0 heterocycles. The van der Waals surface area contributed by atoms with E-state index in [0.29, 0.717) is 17.5 Å². The summed E-state index contributed by atoms with van der Waals surface area (Å²) in [6, 6.07) is 3.34. The Morgan fingerprint density at radius 1 is 1.10 bits per heavy atom. The fourth-order valence-corrected chi connectivity index (χ4v) is 9.11. The number of hydrazone groups is 1. The molecular formula is C28H37N5O7. The highest BCUT2D eigenvalue weighted by atomic mass is 16.6. The van der Waals surface area contributed by atoms with Gasteiger partial charge in [0, 0.05) is 28.5 Å². The number of non-ortho nitro benzene ring substituents is 1. The molecular weight excluding hydrogens is 518 g/mol. The van der Waals surface area contributed by atoms with Gasteiger partial charge in [-0.25, -0.2) is 0 Å². The van der Waals surface area contributed by atoms with Crippen molar-refractivity contribution in [2.24, 2.45) is 45.5 Å². The zero-order valence-electron chi connectivity index (χ0n) is 23.1. The molecule has 4 aliphatic rings. The van der Waals surface area contributed by atoms with Crippen LogP contribution in [0, 0.1) is 70.8 Å². The number of anilines is 1. The Morgan fingerprint density at radius 2 is 1.85 bits per heavy atom. The lowest BCUT2D eigenvalue weighted by atomic mass is 9.47. The average molecular weight is 556 g/mol. The van der Waals surface area contributed by atoms with E-state index >= 15 is 0 Å². The van der Waals surface area contributed by atoms with Crippen molar-refractivity contribution in [2.75, 3.05) is 12.0 Å². The van der Waals surface area contributed by atoms with E-state index in [-0.39, 0.29) is 51.8 Å². The van der Waals surface area contributed by atoms with Crippen LogP contribution in [0.2, 0.25) is 0 Å². The summed E-state index contributed by atoms with van der Waals surface area (Å²) in [4.78, 5) is 32.8. The Hall–Kier alpha value is -3.41. The lowest BCUT2D eigenvalue weighted by molar-refractivity contribution is -0.489. The Labute approximate surface area is 232 Å². The van der Waals surface area contributed by atoms with E-state index in [1.165, 1.54) is 17.7 Å². The van der Waals surface area contributed by atoms with Crippen molar-refractivity contribution in [3.8, 4) is 0 Å². The monoisotopic (exact) mass is 555 g/mol. The Kier molecular flexibility index (Phi) is 7.18. The number of aliphatic hydroxyl groups is 1. The van der Waals surface area contributed by atoms with Gasteiger partial charge in [0.25, 0.3) is 5.69 Å². The van der Waals surface area contributed by atoms with E-state index in [1.54, 1.807) is 0 Å². The fraction of sp³-hybridized carbons (Fsp3) is 0.679. The minimum Gasteiger partial charge on any atom is -0.393 e. The van der Waals surface area contributed by atoms with Crippen LogP contribution in [0.5, 0.6) is 0 Å². The van der Waals surface area contributed by atoms with Gasteiger partial charge >= 0.3 is 5.69 Å². The zero-order valence-corrected chi connectivity index (χ0v) is 23.1. The fourth-order valence-electron chi connectivity index (χ4n) is 9.11. The third-order valence-electron chi connectivity index (χ3n) is 10.8. The number of allylic oxidation sites excluding steroid dienone is 1. The van der Waals surface area contributed by atoms with Crippen molar-refractivity contribution >= 4 is 22.8 Å². The highest BCUT2D eigenvalue weighted by Gasteiger charge is 2.62. The number of nitrogens with zero attached hydrogens (tertiary/aromatic N) is 4. The summed E-state index contributed by atoms with van der Waals surface area (Å²) in [5.74, 6) is 0.763. The molecule has 0 bridgehead atoms. The van der Waals surface area contributed by atoms with Crippen molar-refractivity contribution in [3.63, 3.8) is 0 Å². The Bertz CT molecular complexity index is 1300. The molecule has 5 rings (SSSR count). The Balaban J connectivity index is 1.45. The second-order valence-corrected chi connectivity index (χ2v) is 12.8. The molecule has 12 nitrogen and oxygen atoms in total. The molecule has 8 atom stereocenters. The number of benzene rings is 1. The van der Waals surface area contributed by atoms with Crippen LogP contribution in [0.15, 0.2) is 34.9 Å². The SMILES string of the molecule is C/C(=N\Nc1ccc([N+](=O)[O-])cc1[N+](=O)[O-])[C@H]1[C@H](C[N+](=O)[O-])C[C@@H]2[C@@H]3CC=C4C[C@@H](O)CC[C@]4(C)[C@H]3CC[C@@]21C. The molecule has 1 aromatic rings. The van der Waals surface area contributed by atoms with Gasteiger partial charge in [-0.15, -0.1) is 0 Å². The summed E-state index contributed by atoms with van der Waals surface area (Å²) < 4.78 is 0. The standard InChI is InChI=1S/C28H37N5O7/c1-16(29-30-24-7-5-19(32(37)38)14-25(24)33(39)40)26-17(15-31(35)36)12-23-21-6-4-18-13-20(34)8-10-27(18,2)22(21)9-11-28(23,26)3/h4-5,7,14,17,20-23,26,30,34H,6,8-13,15H2,1-3H3/b29-16+/t17-,20-,21+,22-,23+,26-,27-,28-/m0/s1. The molecule has 0 spiro atoms. The number of fused-ring (bicyclic) bond motifs is 5. The van der Waals surface area contributed by atoms with Gasteiger partial charge in [0.1, 0.15) is 5.69 Å². The molecule has 0 aromatic heterocycles. The molecule has 3 fully saturated rings. The number of nitro groups is 3. The van der Waals surface area contributed by atoms with Crippen LogP contribution in [-0.4, -0.2) is 38.2 Å². The topological polar surface area (TPSA) is 174 Å². The molecule has 0 saturated heterocycles. The number of aliphatic hydroxyl groups excluding tert-OH is 1. The maximum atomic E-state index is 11.8. The summed E-state index contributed by atoms with van der Waals surface area (Å²) in [6.07, 6.45) is 8.14. The Morgan fingerprint density at radius 3 is 2.52 bits per heavy atom. The molecule has 0 aliphatic heterocycles. The van der Waals surface area contributed by atoms with E-state index in [4.69, 9.17) is 0 Å². The van der Waals surface area contributed by atoms with E-state index in [9.17, 15) is 35.4 Å². The predicted octanol–water partition coefficient (Wildman–Crippen LogP) is 5.73. The van der Waals surface area contributed by atoms with Gasteiger partial charge in [-0.2, -0.15) is 5.10 Å². The van der Waals surface area contributed by atoms with Crippen molar-refractivity contribution in [1.29, 1.82) is 0 Å². The number of rotatable bonds is 7. The summed E-state index contributed by atoms with van der Waals surface area (Å²) in [6.45, 7) is 6.24. The molecule has 0 unspecified atom stereocenters. The van der Waals surface area contributed by atoms with E-state index in [2.05, 4.69) is 30.5 Å². The summed E-state index contributed by atoms with van der Waals surface area (Å²) >= 11 is 0. The summed E-state index contributed by atoms with van der Waals surface area (Å²) in [5.41, 5.74) is 3.80. The van der Waals surface area contributed by atoms with Gasteiger partial charge in [-0.1, -0.05) is 25.5 Å². The first-order valence-electron chi connectivity index (χ1n) is 14.1. The summed E-state index contributed by atoms with van der Waals surface area (Å²) in [7, 11) is 0. The van der Waals surface area contributed by atoms with Crippen LogP contribution >= 0.6 is 0 Å². The molecule has 4 aliphatic carbocycles. The first-order chi connectivity index (χ1) is 18.8. The number of hydrogen-bond acceptors (Lipinski definition) is 9. The van der Waals surface area contributed by atoms with Crippen molar-refractivity contribution in [1.82, 2.24) is 0 Å². The smallest absolute Gasteiger partial charge is 0.301 e. The minimum absolute atomic E-state index is 0.0292. The minimum atomic E-state index is -0.695. The lowest BCUT2D eigenvalue weighted by Crippen LogP contribution is -2.51. The van der Waals surface area contributed by atoms with Crippen LogP contribution in [0.4, 0.5) is 17.1 Å². The van der Waals surface area contributed by atoms with Crippen molar-refractivity contribution in [3.05, 3.63) is 60.2 Å². The van der Waals surface area contributed by atoms with Gasteiger partial charge in [-0.3, -0.25) is 35.8 Å². The molecule has 40 heavy (non-hydrogen) atoms. The number of nitrogens with one attached hydrogen (secondary N) is 1. The summed E-state index contributed by atoms with van der Waals surface area (Å²) in [5, 5.41) is 49.2. The van der Waals surface area contributed by atoms with Gasteiger partial charge < -0.3 is 5.11 Å². The van der Waals surface area contributed by atoms with E-state index in [0.717, 1.165) is 51.0 Å². The van der Waals surface area contributed by atoms with Crippen LogP contribution in [-0.2, 0) is 0 Å². The zero-order chi connectivity index (χ0) is 29.0. The molecule has 0 radical (unpaired) electrons. The molecule has 12 heteroatoms. The molecule has 216 valence electrons. The van der Waals surface area contributed by atoms with E-state index in [1.807, 2.05) is 6.92 Å². The van der Waals surface area contributed by atoms with Crippen LogP contribution in [0.25, 0.3) is 0 Å². The third kappa shape index (κ3) is 4.65. The molecule has 1 aromatic carbocycles. The predicted molar refractivity (Wildman–Crippen MR) is 148 cm³/mol. The van der Waals surface area contributed by atoms with Gasteiger partial charge in [0.2, 0.25) is 6.54 Å². The number of nitro benzene ring substituents is 2. The van der Waals surface area contributed by atoms with Crippen molar-refractivity contribution < 1.29 is 19.9 Å². The number of hydrogen-bond donors (Lipinski definition) is 2. The van der Waals surface area contributed by atoms with E-state index < -0.39 is 21.2 Å². The molecule has 0 amide bonds. The van der Waals surface area contributed by atoms with Gasteiger partial charge in [-0.05, 0) is 86.5 Å². The van der Waals surface area contributed by atoms with Gasteiger partial charge in [0.15, 0.2) is 0 Å². The second-order valence-electron chi connectivity index (χ2n) is 12.8.